The van der Waals surface area contributed by atoms with E-state index in [1.165, 1.54) is 11.1 Å². The molecule has 2 unspecified atom stereocenters. The van der Waals surface area contributed by atoms with Crippen LogP contribution >= 0.6 is 11.3 Å². The largest absolute Gasteiger partial charge is 0.352 e. The Morgan fingerprint density at radius 1 is 1.29 bits per heavy atom. The van der Waals surface area contributed by atoms with Crippen LogP contribution < -0.4 is 15.5 Å². The predicted octanol–water partition coefficient (Wildman–Crippen LogP) is 2.66. The molecule has 0 bridgehead atoms. The molecule has 2 aromatic heterocycles. The van der Waals surface area contributed by atoms with Crippen molar-refractivity contribution in [3.63, 3.8) is 0 Å². The van der Waals surface area contributed by atoms with E-state index in [1.54, 1.807) is 17.7 Å². The van der Waals surface area contributed by atoms with Gasteiger partial charge >= 0.3 is 0 Å². The van der Waals surface area contributed by atoms with Crippen molar-refractivity contribution in [3.8, 4) is 0 Å². The third-order valence-corrected chi connectivity index (χ3v) is 6.58. The van der Waals surface area contributed by atoms with Crippen LogP contribution in [0.5, 0.6) is 0 Å². The molecule has 0 radical (unpaired) electrons. The van der Waals surface area contributed by atoms with Gasteiger partial charge in [0.2, 0.25) is 5.91 Å². The molecule has 0 spiro atoms. The van der Waals surface area contributed by atoms with Crippen LogP contribution in [0.1, 0.15) is 30.0 Å². The first kappa shape index (κ1) is 17.6. The van der Waals surface area contributed by atoms with E-state index < -0.39 is 0 Å². The van der Waals surface area contributed by atoms with E-state index >= 15 is 0 Å². The van der Waals surface area contributed by atoms with E-state index in [0.29, 0.717) is 6.54 Å². The monoisotopic (exact) mass is 393 g/mol. The minimum Gasteiger partial charge on any atom is -0.352 e. The lowest BCUT2D eigenvalue weighted by Gasteiger charge is -2.29. The summed E-state index contributed by atoms with van der Waals surface area (Å²) in [6.07, 6.45) is 4.50. The molecule has 1 amide bonds. The number of anilines is 1. The fourth-order valence-corrected chi connectivity index (χ4v) is 5.12. The Morgan fingerprint density at radius 3 is 3.18 bits per heavy atom. The van der Waals surface area contributed by atoms with Crippen LogP contribution in [0.3, 0.4) is 0 Å². The number of aromatic nitrogens is 2. The smallest absolute Gasteiger partial charge is 0.242 e. The summed E-state index contributed by atoms with van der Waals surface area (Å²) >= 11 is 1.61. The van der Waals surface area contributed by atoms with Gasteiger partial charge in [-0.1, -0.05) is 24.3 Å². The van der Waals surface area contributed by atoms with Crippen molar-refractivity contribution < 1.29 is 4.79 Å². The molecule has 6 nitrogen and oxygen atoms in total. The summed E-state index contributed by atoms with van der Waals surface area (Å²) in [4.78, 5) is 25.0. The van der Waals surface area contributed by atoms with Crippen LogP contribution in [0.4, 0.5) is 5.82 Å². The van der Waals surface area contributed by atoms with Gasteiger partial charge in [-0.3, -0.25) is 4.79 Å². The van der Waals surface area contributed by atoms with Crippen LogP contribution in [0.2, 0.25) is 0 Å². The van der Waals surface area contributed by atoms with Gasteiger partial charge < -0.3 is 15.5 Å². The topological polar surface area (TPSA) is 70.2 Å². The average Bonchev–Trinajstić information content (AvgIpc) is 3.41. The highest BCUT2D eigenvalue weighted by atomic mass is 32.1. The van der Waals surface area contributed by atoms with E-state index in [9.17, 15) is 4.79 Å². The van der Waals surface area contributed by atoms with Crippen molar-refractivity contribution in [3.05, 3.63) is 53.2 Å². The first-order valence-electron chi connectivity index (χ1n) is 9.85. The van der Waals surface area contributed by atoms with Crippen molar-refractivity contribution in [1.82, 2.24) is 20.6 Å². The minimum atomic E-state index is -0.170. The number of nitrogens with zero attached hydrogens (tertiary/aromatic N) is 3. The van der Waals surface area contributed by atoms with Gasteiger partial charge in [0.25, 0.3) is 0 Å². The lowest BCUT2D eigenvalue weighted by molar-refractivity contribution is -0.122. The second kappa shape index (κ2) is 7.48. The number of hydrogen-bond donors (Lipinski definition) is 2. The highest BCUT2D eigenvalue weighted by Crippen LogP contribution is 2.31. The normalized spacial score (nSPS) is 21.6. The number of nitrogens with one attached hydrogen (secondary N) is 2. The molecule has 2 aliphatic heterocycles. The Morgan fingerprint density at radius 2 is 2.21 bits per heavy atom. The molecule has 3 aromatic rings. The Labute approximate surface area is 168 Å². The van der Waals surface area contributed by atoms with E-state index in [0.717, 1.165) is 48.4 Å². The lowest BCUT2D eigenvalue weighted by atomic mass is 9.94. The molecule has 0 aliphatic carbocycles. The zero-order valence-electron chi connectivity index (χ0n) is 15.6. The first-order valence-corrected chi connectivity index (χ1v) is 10.7. The van der Waals surface area contributed by atoms with Gasteiger partial charge in [-0.2, -0.15) is 0 Å². The second-order valence-corrected chi connectivity index (χ2v) is 8.28. The maximum atomic E-state index is 13.0. The fraction of sp³-hybridized carbons (Fsp3) is 0.381. The first-order chi connectivity index (χ1) is 13.8. The average molecular weight is 394 g/mol. The molecule has 7 heteroatoms. The number of hydrogen-bond acceptors (Lipinski definition) is 6. The van der Waals surface area contributed by atoms with Crippen LogP contribution in [0, 0.1) is 0 Å². The Hall–Kier alpha value is -2.51. The summed E-state index contributed by atoms with van der Waals surface area (Å²) in [5.74, 6) is 0.967. The highest BCUT2D eigenvalue weighted by molar-refractivity contribution is 7.16. The summed E-state index contributed by atoms with van der Waals surface area (Å²) < 4.78 is 0. The molecule has 4 heterocycles. The van der Waals surface area contributed by atoms with E-state index in [2.05, 4.69) is 49.8 Å². The molecular weight excluding hydrogens is 370 g/mol. The zero-order chi connectivity index (χ0) is 18.9. The Bertz CT molecular complexity index is 1000. The predicted molar refractivity (Wildman–Crippen MR) is 112 cm³/mol. The van der Waals surface area contributed by atoms with Crippen LogP contribution in [-0.2, 0) is 11.2 Å². The summed E-state index contributed by atoms with van der Waals surface area (Å²) in [7, 11) is 0. The zero-order valence-corrected chi connectivity index (χ0v) is 16.4. The maximum Gasteiger partial charge on any atom is 0.242 e. The van der Waals surface area contributed by atoms with Crippen molar-refractivity contribution >= 4 is 33.3 Å². The minimum absolute atomic E-state index is 0.0874. The van der Waals surface area contributed by atoms with Gasteiger partial charge in [-0.15, -0.1) is 11.3 Å². The number of fused-ring (bicyclic) bond motifs is 2. The Balaban J connectivity index is 1.31. The van der Waals surface area contributed by atoms with Crippen molar-refractivity contribution in [2.24, 2.45) is 0 Å². The SMILES string of the molecule is O=C(NCC1NCCc2ccccc21)C1CCCN1c1ncnc2sccc12. The molecule has 1 fully saturated rings. The molecule has 144 valence electrons. The van der Waals surface area contributed by atoms with E-state index in [4.69, 9.17) is 0 Å². The number of thiophene rings is 1. The standard InChI is InChI=1S/C21H23N5OS/c27-20(23-12-17-15-5-2-1-4-14(15)7-9-22-17)18-6-3-10-26(18)19-16-8-11-28-21(16)25-13-24-19/h1-2,4-5,8,11,13,17-18,22H,3,6-7,9-10,12H2,(H,23,27). The molecule has 2 aliphatic rings. The lowest BCUT2D eigenvalue weighted by Crippen LogP contribution is -2.47. The van der Waals surface area contributed by atoms with E-state index in [1.807, 2.05) is 11.4 Å². The van der Waals surface area contributed by atoms with Crippen LogP contribution in [0.15, 0.2) is 42.0 Å². The number of rotatable bonds is 4. The number of carbonyl (C=O) groups is 1. The number of amides is 1. The van der Waals surface area contributed by atoms with Crippen LogP contribution in [-0.4, -0.2) is 41.6 Å². The number of benzene rings is 1. The molecule has 5 rings (SSSR count). The van der Waals surface area contributed by atoms with Gasteiger partial charge in [-0.25, -0.2) is 9.97 Å². The highest BCUT2D eigenvalue weighted by Gasteiger charge is 2.33. The molecule has 2 N–H and O–H groups in total. The Kier molecular flexibility index (Phi) is 4.70. The third kappa shape index (κ3) is 3.14. The van der Waals surface area contributed by atoms with Crippen molar-refractivity contribution in [1.29, 1.82) is 0 Å². The maximum absolute atomic E-state index is 13.0. The molecular formula is C21H23N5OS. The summed E-state index contributed by atoms with van der Waals surface area (Å²) in [5.41, 5.74) is 2.68. The van der Waals surface area contributed by atoms with Gasteiger partial charge in [0, 0.05) is 19.1 Å². The number of carbonyl (C=O) groups excluding carboxylic acids is 1. The second-order valence-electron chi connectivity index (χ2n) is 7.39. The summed E-state index contributed by atoms with van der Waals surface area (Å²) in [6, 6.07) is 10.6. The molecule has 28 heavy (non-hydrogen) atoms. The summed E-state index contributed by atoms with van der Waals surface area (Å²) in [5, 5.41) is 9.80. The van der Waals surface area contributed by atoms with Crippen molar-refractivity contribution in [2.45, 2.75) is 31.3 Å². The molecule has 1 aromatic carbocycles. The quantitative estimate of drug-likeness (QED) is 0.713. The van der Waals surface area contributed by atoms with Crippen molar-refractivity contribution in [2.75, 3.05) is 24.5 Å². The van der Waals surface area contributed by atoms with Gasteiger partial charge in [0.1, 0.15) is 23.0 Å². The van der Waals surface area contributed by atoms with Crippen LogP contribution in [0.25, 0.3) is 10.2 Å². The third-order valence-electron chi connectivity index (χ3n) is 5.76. The summed E-state index contributed by atoms with van der Waals surface area (Å²) in [6.45, 7) is 2.41. The van der Waals surface area contributed by atoms with Gasteiger partial charge in [-0.05, 0) is 48.4 Å². The fourth-order valence-electron chi connectivity index (χ4n) is 4.39. The molecule has 1 saturated heterocycles. The molecule has 2 atom stereocenters. The molecule has 0 saturated carbocycles. The van der Waals surface area contributed by atoms with E-state index in [-0.39, 0.29) is 18.0 Å². The van der Waals surface area contributed by atoms with Gasteiger partial charge in [0.05, 0.1) is 5.39 Å². The van der Waals surface area contributed by atoms with Gasteiger partial charge in [0.15, 0.2) is 0 Å².